The van der Waals surface area contributed by atoms with E-state index in [0.717, 1.165) is 32.9 Å². The minimum absolute atomic E-state index is 0.0946. The number of pyridine rings is 2. The zero-order chi connectivity index (χ0) is 49.8. The Morgan fingerprint density at radius 1 is 0.286 bits per heavy atom. The van der Waals surface area contributed by atoms with Crippen LogP contribution in [0.15, 0.2) is 237 Å². The van der Waals surface area contributed by atoms with E-state index in [0.29, 0.717) is 0 Å². The molecule has 17 aromatic rings. The maximum atomic E-state index is 4.88. The Labute approximate surface area is 440 Å². The Morgan fingerprint density at radius 3 is 1.40 bits per heavy atom. The highest BCUT2D eigenvalue weighted by Gasteiger charge is 2.42. The van der Waals surface area contributed by atoms with Crippen molar-refractivity contribution in [1.29, 1.82) is 0 Å². The van der Waals surface area contributed by atoms with Gasteiger partial charge in [-0.2, -0.15) is 0 Å². The summed E-state index contributed by atoms with van der Waals surface area (Å²) in [6.07, 6.45) is 3.79. The van der Waals surface area contributed by atoms with Crippen LogP contribution in [0.3, 0.4) is 0 Å². The Balaban J connectivity index is 1.02. The molecule has 0 unspecified atom stereocenters. The second-order valence-electron chi connectivity index (χ2n) is 21.5. The molecule has 4 aromatic heterocycles. The highest BCUT2D eigenvalue weighted by Crippen LogP contribution is 2.50. The van der Waals surface area contributed by atoms with Crippen molar-refractivity contribution >= 4 is 153 Å². The average Bonchev–Trinajstić information content (AvgIpc) is 3.68. The molecule has 2 aliphatic heterocycles. The largest absolute Gasteiger partial charge is 0.310 e. The number of fused-ring (bicyclic) bond motifs is 26. The summed E-state index contributed by atoms with van der Waals surface area (Å²) < 4.78 is 5.26. The third-order valence-electron chi connectivity index (χ3n) is 17.9. The summed E-state index contributed by atoms with van der Waals surface area (Å²) in [5.74, 6) is 0. The van der Waals surface area contributed by atoms with Gasteiger partial charge in [0.05, 0.1) is 27.6 Å². The molecule has 6 heterocycles. The second-order valence-corrected chi connectivity index (χ2v) is 21.5. The van der Waals surface area contributed by atoms with Gasteiger partial charge in [-0.1, -0.05) is 164 Å². The van der Waals surface area contributed by atoms with E-state index in [9.17, 15) is 0 Å². The maximum absolute atomic E-state index is 4.88. The van der Waals surface area contributed by atoms with Crippen LogP contribution in [0.1, 0.15) is 0 Å². The molecule has 0 bridgehead atoms. The second kappa shape index (κ2) is 14.4. The van der Waals surface area contributed by atoms with Gasteiger partial charge in [-0.15, -0.1) is 0 Å². The lowest BCUT2D eigenvalue weighted by Crippen LogP contribution is -2.59. The monoisotopic (exact) mass is 970 g/mol. The lowest BCUT2D eigenvalue weighted by Gasteiger charge is -2.34. The molecule has 350 valence electrons. The summed E-state index contributed by atoms with van der Waals surface area (Å²) in [5, 5.41) is 22.8. The minimum Gasteiger partial charge on any atom is -0.310 e. The molecule has 0 atom stereocenters. The molecule has 0 saturated carbocycles. The van der Waals surface area contributed by atoms with Gasteiger partial charge in [0.15, 0.2) is 0 Å². The van der Waals surface area contributed by atoms with Crippen molar-refractivity contribution in [3.63, 3.8) is 0 Å². The fourth-order valence-electron chi connectivity index (χ4n) is 14.8. The quantitative estimate of drug-likeness (QED) is 0.128. The topological polar surface area (TPSA) is 35.6 Å². The van der Waals surface area contributed by atoms with E-state index in [2.05, 4.69) is 221 Å². The predicted molar refractivity (Wildman–Crippen MR) is 326 cm³/mol. The average molecular weight is 971 g/mol. The first kappa shape index (κ1) is 40.3. The molecular formula is C72H39BN4. The molecule has 0 saturated heterocycles. The summed E-state index contributed by atoms with van der Waals surface area (Å²) in [6, 6.07) is 84.8. The summed E-state index contributed by atoms with van der Waals surface area (Å²) >= 11 is 0. The lowest BCUT2D eigenvalue weighted by molar-refractivity contribution is 1.14. The van der Waals surface area contributed by atoms with E-state index in [1.54, 1.807) is 0 Å². The molecule has 77 heavy (non-hydrogen) atoms. The van der Waals surface area contributed by atoms with Crippen molar-refractivity contribution in [3.8, 4) is 33.6 Å². The van der Waals surface area contributed by atoms with Gasteiger partial charge in [-0.25, -0.2) is 0 Å². The van der Waals surface area contributed by atoms with Gasteiger partial charge < -0.3 is 9.13 Å². The first-order valence-electron chi connectivity index (χ1n) is 26.7. The third-order valence-corrected chi connectivity index (χ3v) is 17.9. The number of benzene rings is 13. The summed E-state index contributed by atoms with van der Waals surface area (Å²) in [6.45, 7) is -0.0946. The Kier molecular flexibility index (Phi) is 7.53. The number of rotatable bonds is 2. The van der Waals surface area contributed by atoms with Crippen LogP contribution in [0.5, 0.6) is 0 Å². The maximum Gasteiger partial charge on any atom is 0.252 e. The Bertz CT molecular complexity index is 5570. The van der Waals surface area contributed by atoms with E-state index in [4.69, 9.17) is 9.97 Å². The lowest BCUT2D eigenvalue weighted by atomic mass is 9.34. The smallest absolute Gasteiger partial charge is 0.252 e. The van der Waals surface area contributed by atoms with Gasteiger partial charge >= 0.3 is 0 Å². The van der Waals surface area contributed by atoms with E-state index < -0.39 is 0 Å². The van der Waals surface area contributed by atoms with Gasteiger partial charge in [-0.3, -0.25) is 9.97 Å². The van der Waals surface area contributed by atoms with Crippen molar-refractivity contribution < 1.29 is 0 Å². The van der Waals surface area contributed by atoms with Crippen LogP contribution >= 0.6 is 0 Å². The number of aromatic nitrogens is 4. The van der Waals surface area contributed by atoms with E-state index in [1.807, 2.05) is 24.5 Å². The van der Waals surface area contributed by atoms with Crippen molar-refractivity contribution in [2.24, 2.45) is 0 Å². The fourth-order valence-corrected chi connectivity index (χ4v) is 14.8. The van der Waals surface area contributed by atoms with Crippen LogP contribution in [0, 0.1) is 0 Å². The van der Waals surface area contributed by atoms with Gasteiger partial charge in [0.2, 0.25) is 0 Å². The first-order valence-corrected chi connectivity index (χ1v) is 26.7. The van der Waals surface area contributed by atoms with E-state index >= 15 is 0 Å². The van der Waals surface area contributed by atoms with Crippen molar-refractivity contribution in [2.45, 2.75) is 0 Å². The molecule has 0 N–H and O–H groups in total. The van der Waals surface area contributed by atoms with Crippen LogP contribution in [0.2, 0.25) is 0 Å². The van der Waals surface area contributed by atoms with Gasteiger partial charge in [0, 0.05) is 72.4 Å². The van der Waals surface area contributed by atoms with E-state index in [-0.39, 0.29) is 6.71 Å². The van der Waals surface area contributed by atoms with Crippen LogP contribution in [-0.4, -0.2) is 25.8 Å². The zero-order valence-electron chi connectivity index (χ0n) is 41.4. The molecule has 0 fully saturated rings. The van der Waals surface area contributed by atoms with Gasteiger partial charge in [0.1, 0.15) is 0 Å². The SMILES string of the molecule is c1cc2c3c(c1)-n1c4ccc5c6ccccc6c6ccccc6c5c4c4c5c6ccccc6c6ccccc6c5cc(c41)B3c1cc(-c3ccc4cccnc4c3)cc3c4cc(-c5ccc6cccnc6c5)ccc4n-2c13. The summed E-state index contributed by atoms with van der Waals surface area (Å²) in [5.41, 5.74) is 18.1. The molecule has 2 aliphatic rings. The Morgan fingerprint density at radius 2 is 0.766 bits per heavy atom. The summed E-state index contributed by atoms with van der Waals surface area (Å²) in [4.78, 5) is 9.65. The predicted octanol–water partition coefficient (Wildman–Crippen LogP) is 16.4. The van der Waals surface area contributed by atoms with Crippen molar-refractivity contribution in [1.82, 2.24) is 19.1 Å². The van der Waals surface area contributed by atoms with Crippen LogP contribution < -0.4 is 16.4 Å². The molecule has 4 nitrogen and oxygen atoms in total. The van der Waals surface area contributed by atoms with E-state index in [1.165, 1.54) is 147 Å². The molecule has 0 aliphatic carbocycles. The summed E-state index contributed by atoms with van der Waals surface area (Å²) in [7, 11) is 0. The highest BCUT2D eigenvalue weighted by molar-refractivity contribution is 7.00. The molecule has 0 spiro atoms. The molecule has 19 rings (SSSR count). The molecule has 0 radical (unpaired) electrons. The normalized spacial score (nSPS) is 12.9. The Hall–Kier alpha value is -10.1. The zero-order valence-corrected chi connectivity index (χ0v) is 41.4. The third kappa shape index (κ3) is 5.09. The van der Waals surface area contributed by atoms with Crippen LogP contribution in [0.4, 0.5) is 0 Å². The number of nitrogens with zero attached hydrogens (tertiary/aromatic N) is 4. The molecule has 5 heteroatoms. The van der Waals surface area contributed by atoms with Gasteiger partial charge in [0.25, 0.3) is 6.71 Å². The van der Waals surface area contributed by atoms with Crippen LogP contribution in [-0.2, 0) is 0 Å². The first-order chi connectivity index (χ1) is 38.2. The van der Waals surface area contributed by atoms with Crippen LogP contribution in [0.25, 0.3) is 164 Å². The molecule has 13 aromatic carbocycles. The number of hydrogen-bond acceptors (Lipinski definition) is 2. The standard InChI is InChI=1S/C72H39BN4/c1-3-18-50-46(14-1)48-16-5-7-20-52(48)66-54(50)29-31-63-68(66)69-67-53-21-8-6-17-49(53)47-15-2-4-19-51(47)56(67)39-59-72(69)77(63)65-23-9-22-64-70(65)73(59)58-36-45(44-27-25-41-13-11-33-75-61(41)38-44)35-57-55-34-42(28-30-62(55)76(64)71(57)58)43-26-24-40-12-10-32-74-60(40)37-43/h1-39H. The van der Waals surface area contributed by atoms with Gasteiger partial charge in [-0.05, 0) is 153 Å². The highest BCUT2D eigenvalue weighted by atomic mass is 15.0. The molecular weight excluding hydrogens is 932 g/mol. The van der Waals surface area contributed by atoms with Crippen molar-refractivity contribution in [3.05, 3.63) is 237 Å². The molecule has 0 amide bonds. The fraction of sp³-hybridized carbons (Fsp3) is 0. The minimum atomic E-state index is -0.0946. The van der Waals surface area contributed by atoms with Crippen molar-refractivity contribution in [2.75, 3.05) is 0 Å². The number of hydrogen-bond donors (Lipinski definition) is 0.